The van der Waals surface area contributed by atoms with E-state index in [2.05, 4.69) is 16.9 Å². The van der Waals surface area contributed by atoms with Crippen LogP contribution in [0.25, 0.3) is 0 Å². The quantitative estimate of drug-likeness (QED) is 0.547. The molecule has 0 radical (unpaired) electrons. The fraction of sp³-hybridized carbons (Fsp3) is 0.375. The van der Waals surface area contributed by atoms with E-state index in [1.807, 2.05) is 18.5 Å². The van der Waals surface area contributed by atoms with E-state index in [1.54, 1.807) is 11.3 Å². The van der Waals surface area contributed by atoms with Crippen LogP contribution in [0.1, 0.15) is 10.6 Å². The Morgan fingerprint density at radius 1 is 1.82 bits per heavy atom. The van der Waals surface area contributed by atoms with Crippen molar-refractivity contribution in [2.24, 2.45) is 0 Å². The molecule has 1 aromatic rings. The summed E-state index contributed by atoms with van der Waals surface area (Å²) in [5.41, 5.74) is 3.01. The Kier molecular flexibility index (Phi) is 3.26. The van der Waals surface area contributed by atoms with Crippen molar-refractivity contribution in [2.45, 2.75) is 13.5 Å². The number of rotatable bonds is 4. The minimum absolute atomic E-state index is 0.858. The summed E-state index contributed by atoms with van der Waals surface area (Å²) < 4.78 is 0. The Bertz CT molecular complexity index is 230. The van der Waals surface area contributed by atoms with Crippen LogP contribution in [0.15, 0.2) is 18.2 Å². The molecule has 0 amide bonds. The Labute approximate surface area is 71.0 Å². The molecule has 0 saturated heterocycles. The molecule has 1 rings (SSSR count). The maximum absolute atomic E-state index is 4.15. The van der Waals surface area contributed by atoms with Gasteiger partial charge in [-0.2, -0.15) is 0 Å². The third-order valence-electron chi connectivity index (χ3n) is 1.42. The molecule has 0 aliphatic rings. The van der Waals surface area contributed by atoms with Crippen molar-refractivity contribution in [2.75, 3.05) is 6.54 Å². The predicted octanol–water partition coefficient (Wildman–Crippen LogP) is 1.73. The molecule has 60 valence electrons. The van der Waals surface area contributed by atoms with Gasteiger partial charge in [0.1, 0.15) is 0 Å². The number of nitrogens with zero attached hydrogens (tertiary/aromatic N) is 1. The fourth-order valence-electron chi connectivity index (χ4n) is 0.784. The second-order valence-corrected chi connectivity index (χ2v) is 3.22. The van der Waals surface area contributed by atoms with Gasteiger partial charge in [0.15, 0.2) is 0 Å². The summed E-state index contributed by atoms with van der Waals surface area (Å²) in [5, 5.41) is 3.23. The molecular weight excluding hydrogens is 156 g/mol. The van der Waals surface area contributed by atoms with Gasteiger partial charge in [-0.25, -0.2) is 4.98 Å². The smallest absolute Gasteiger partial charge is 0.0798 e. The summed E-state index contributed by atoms with van der Waals surface area (Å²) >= 11 is 1.69. The zero-order valence-corrected chi connectivity index (χ0v) is 7.45. The van der Waals surface area contributed by atoms with Gasteiger partial charge in [-0.1, -0.05) is 6.08 Å². The van der Waals surface area contributed by atoms with Crippen molar-refractivity contribution in [3.63, 3.8) is 0 Å². The average molecular weight is 168 g/mol. The highest BCUT2D eigenvalue weighted by Crippen LogP contribution is 2.10. The predicted molar refractivity (Wildman–Crippen MR) is 48.8 cm³/mol. The van der Waals surface area contributed by atoms with Gasteiger partial charge >= 0.3 is 0 Å². The summed E-state index contributed by atoms with van der Waals surface area (Å²) in [6, 6.07) is 0. The number of hydrogen-bond acceptors (Lipinski definition) is 3. The third kappa shape index (κ3) is 2.44. The molecular formula is C8H12N2S. The molecule has 3 heteroatoms. The number of aromatic nitrogens is 1. The normalized spacial score (nSPS) is 9.91. The van der Waals surface area contributed by atoms with Crippen molar-refractivity contribution in [3.8, 4) is 0 Å². The molecule has 0 saturated carbocycles. The first-order valence-electron chi connectivity index (χ1n) is 3.55. The first kappa shape index (κ1) is 8.43. The fourth-order valence-corrected chi connectivity index (χ4v) is 1.53. The van der Waals surface area contributed by atoms with Gasteiger partial charge in [0, 0.05) is 18.0 Å². The van der Waals surface area contributed by atoms with Crippen LogP contribution < -0.4 is 5.32 Å². The number of hydrogen-bond donors (Lipinski definition) is 1. The van der Waals surface area contributed by atoms with Gasteiger partial charge in [0.25, 0.3) is 0 Å². The summed E-state index contributed by atoms with van der Waals surface area (Å²) in [7, 11) is 0. The maximum Gasteiger partial charge on any atom is 0.0798 e. The largest absolute Gasteiger partial charge is 0.308 e. The summed E-state index contributed by atoms with van der Waals surface area (Å²) in [4.78, 5) is 5.46. The van der Waals surface area contributed by atoms with E-state index in [-0.39, 0.29) is 0 Å². The molecule has 0 spiro atoms. The van der Waals surface area contributed by atoms with Crippen molar-refractivity contribution in [1.82, 2.24) is 10.3 Å². The highest BCUT2D eigenvalue weighted by atomic mass is 32.1. The average Bonchev–Trinajstić information content (AvgIpc) is 2.37. The minimum Gasteiger partial charge on any atom is -0.308 e. The molecule has 0 bridgehead atoms. The molecule has 0 aliphatic heterocycles. The van der Waals surface area contributed by atoms with E-state index in [0.29, 0.717) is 0 Å². The topological polar surface area (TPSA) is 24.9 Å². The number of thiazole rings is 1. The molecule has 1 aromatic heterocycles. The molecule has 1 heterocycles. The lowest BCUT2D eigenvalue weighted by atomic mass is 10.4. The minimum atomic E-state index is 0.858. The van der Waals surface area contributed by atoms with Gasteiger partial charge in [0.05, 0.1) is 11.2 Å². The summed E-state index contributed by atoms with van der Waals surface area (Å²) in [6.45, 7) is 7.42. The highest BCUT2D eigenvalue weighted by molar-refractivity contribution is 7.09. The van der Waals surface area contributed by atoms with E-state index < -0.39 is 0 Å². The summed E-state index contributed by atoms with van der Waals surface area (Å²) in [6.07, 6.45) is 1.86. The second kappa shape index (κ2) is 4.26. The van der Waals surface area contributed by atoms with Gasteiger partial charge in [-0.15, -0.1) is 17.9 Å². The Morgan fingerprint density at radius 2 is 2.64 bits per heavy atom. The zero-order chi connectivity index (χ0) is 8.10. The third-order valence-corrected chi connectivity index (χ3v) is 2.35. The van der Waals surface area contributed by atoms with Crippen LogP contribution in [0.2, 0.25) is 0 Å². The Morgan fingerprint density at radius 3 is 3.18 bits per heavy atom. The lowest BCUT2D eigenvalue weighted by Gasteiger charge is -1.97. The van der Waals surface area contributed by atoms with Crippen LogP contribution >= 0.6 is 11.3 Å². The van der Waals surface area contributed by atoms with Crippen LogP contribution in [0.3, 0.4) is 0 Å². The van der Waals surface area contributed by atoms with E-state index in [1.165, 1.54) is 4.88 Å². The molecule has 2 nitrogen and oxygen atoms in total. The SMILES string of the molecule is C=CCNCc1scnc1C. The van der Waals surface area contributed by atoms with E-state index >= 15 is 0 Å². The standard InChI is InChI=1S/C8H12N2S/c1-3-4-9-5-8-7(2)10-6-11-8/h3,6,9H,1,4-5H2,2H3. The van der Waals surface area contributed by atoms with Gasteiger partial charge in [-0.05, 0) is 6.92 Å². The maximum atomic E-state index is 4.15. The van der Waals surface area contributed by atoms with Crippen LogP contribution in [0, 0.1) is 6.92 Å². The van der Waals surface area contributed by atoms with Gasteiger partial charge < -0.3 is 5.32 Å². The first-order chi connectivity index (χ1) is 5.34. The van der Waals surface area contributed by atoms with Crippen molar-refractivity contribution in [1.29, 1.82) is 0 Å². The van der Waals surface area contributed by atoms with Crippen molar-refractivity contribution >= 4 is 11.3 Å². The molecule has 0 aromatic carbocycles. The lowest BCUT2D eigenvalue weighted by molar-refractivity contribution is 0.765. The van der Waals surface area contributed by atoms with Crippen LogP contribution in [0.4, 0.5) is 0 Å². The van der Waals surface area contributed by atoms with Gasteiger partial charge in [0.2, 0.25) is 0 Å². The zero-order valence-electron chi connectivity index (χ0n) is 6.63. The lowest BCUT2D eigenvalue weighted by Crippen LogP contribution is -2.12. The number of aryl methyl sites for hydroxylation is 1. The molecule has 11 heavy (non-hydrogen) atoms. The van der Waals surface area contributed by atoms with E-state index in [9.17, 15) is 0 Å². The number of nitrogens with one attached hydrogen (secondary N) is 1. The summed E-state index contributed by atoms with van der Waals surface area (Å²) in [5.74, 6) is 0. The Hall–Kier alpha value is -0.670. The van der Waals surface area contributed by atoms with E-state index in [0.717, 1.165) is 18.8 Å². The van der Waals surface area contributed by atoms with Crippen molar-refractivity contribution in [3.05, 3.63) is 28.7 Å². The molecule has 0 unspecified atom stereocenters. The van der Waals surface area contributed by atoms with Crippen LogP contribution in [-0.4, -0.2) is 11.5 Å². The molecule has 0 fully saturated rings. The second-order valence-electron chi connectivity index (χ2n) is 2.28. The van der Waals surface area contributed by atoms with Crippen LogP contribution in [0.5, 0.6) is 0 Å². The Balaban J connectivity index is 2.38. The first-order valence-corrected chi connectivity index (χ1v) is 4.43. The van der Waals surface area contributed by atoms with Crippen molar-refractivity contribution < 1.29 is 0 Å². The molecule has 0 atom stereocenters. The molecule has 0 aliphatic carbocycles. The van der Waals surface area contributed by atoms with Crippen LogP contribution in [-0.2, 0) is 6.54 Å². The monoisotopic (exact) mass is 168 g/mol. The highest BCUT2D eigenvalue weighted by Gasteiger charge is 1.98. The van der Waals surface area contributed by atoms with E-state index in [4.69, 9.17) is 0 Å². The van der Waals surface area contributed by atoms with Gasteiger partial charge in [-0.3, -0.25) is 0 Å². The molecule has 1 N–H and O–H groups in total.